The summed E-state index contributed by atoms with van der Waals surface area (Å²) in [6, 6.07) is 21.4. The molecular weight excluding hydrogens is 424 g/mol. The van der Waals surface area contributed by atoms with Crippen LogP contribution in [0.25, 0.3) is 10.1 Å². The molecule has 1 unspecified atom stereocenters. The molecular formula is C28H32N4S. The van der Waals surface area contributed by atoms with Gasteiger partial charge in [-0.05, 0) is 65.4 Å². The number of nitriles is 2. The lowest BCUT2D eigenvalue weighted by molar-refractivity contribution is 0.123. The summed E-state index contributed by atoms with van der Waals surface area (Å²) in [7, 11) is 0. The van der Waals surface area contributed by atoms with Crippen LogP contribution in [0.2, 0.25) is 0 Å². The van der Waals surface area contributed by atoms with Gasteiger partial charge in [0.15, 0.2) is 0 Å². The maximum absolute atomic E-state index is 10.3. The van der Waals surface area contributed by atoms with Gasteiger partial charge in [0, 0.05) is 37.4 Å². The first kappa shape index (κ1) is 23.5. The average Bonchev–Trinajstić information content (AvgIpc) is 3.27. The molecule has 3 aromatic rings. The fourth-order valence-corrected chi connectivity index (χ4v) is 6.10. The van der Waals surface area contributed by atoms with Gasteiger partial charge in [-0.2, -0.15) is 10.5 Å². The summed E-state index contributed by atoms with van der Waals surface area (Å²) >= 11 is 1.75. The number of fused-ring (bicyclic) bond motifs is 1. The van der Waals surface area contributed by atoms with Gasteiger partial charge in [-0.25, -0.2) is 0 Å². The largest absolute Gasteiger partial charge is 0.301 e. The van der Waals surface area contributed by atoms with E-state index in [-0.39, 0.29) is 5.92 Å². The van der Waals surface area contributed by atoms with E-state index in [1.165, 1.54) is 21.2 Å². The number of nitrogens with zero attached hydrogens (tertiary/aromatic N) is 4. The minimum Gasteiger partial charge on any atom is -0.301 e. The van der Waals surface area contributed by atoms with Gasteiger partial charge in [0.05, 0.1) is 23.1 Å². The van der Waals surface area contributed by atoms with Crippen LogP contribution in [-0.4, -0.2) is 42.5 Å². The summed E-state index contributed by atoms with van der Waals surface area (Å²) in [6.07, 6.45) is 1.92. The lowest BCUT2D eigenvalue weighted by Crippen LogP contribution is -2.46. The van der Waals surface area contributed by atoms with Crippen LogP contribution in [0.4, 0.5) is 0 Å². The average molecular weight is 457 g/mol. The van der Waals surface area contributed by atoms with Crippen molar-refractivity contribution in [1.82, 2.24) is 9.80 Å². The Morgan fingerprint density at radius 1 is 1.00 bits per heavy atom. The van der Waals surface area contributed by atoms with E-state index in [2.05, 4.69) is 71.5 Å². The molecule has 0 radical (unpaired) electrons. The van der Waals surface area contributed by atoms with E-state index in [4.69, 9.17) is 5.26 Å². The van der Waals surface area contributed by atoms with Crippen LogP contribution in [0.15, 0.2) is 53.9 Å². The molecule has 1 aliphatic rings. The van der Waals surface area contributed by atoms with Gasteiger partial charge in [0.2, 0.25) is 0 Å². The Balaban J connectivity index is 1.33. The van der Waals surface area contributed by atoms with Crippen molar-refractivity contribution in [3.8, 4) is 12.1 Å². The Hall–Kier alpha value is -2.70. The van der Waals surface area contributed by atoms with Crippen LogP contribution in [0, 0.1) is 28.6 Å². The molecule has 5 heteroatoms. The highest BCUT2D eigenvalue weighted by atomic mass is 32.1. The van der Waals surface area contributed by atoms with Gasteiger partial charge in [-0.3, -0.25) is 4.90 Å². The van der Waals surface area contributed by atoms with E-state index in [1.54, 1.807) is 11.3 Å². The van der Waals surface area contributed by atoms with Crippen LogP contribution in [0.3, 0.4) is 0 Å². The molecule has 1 atom stereocenters. The van der Waals surface area contributed by atoms with Crippen molar-refractivity contribution in [2.75, 3.05) is 32.7 Å². The molecule has 0 amide bonds. The normalized spacial score (nSPS) is 17.0. The topological polar surface area (TPSA) is 54.1 Å². The molecule has 0 saturated carbocycles. The molecule has 0 bridgehead atoms. The van der Waals surface area contributed by atoms with E-state index in [0.717, 1.165) is 57.7 Å². The third kappa shape index (κ3) is 5.12. The Labute approximate surface area is 201 Å². The van der Waals surface area contributed by atoms with Gasteiger partial charge >= 0.3 is 0 Å². The first-order valence-electron chi connectivity index (χ1n) is 11.9. The van der Waals surface area contributed by atoms with Crippen molar-refractivity contribution >= 4 is 21.4 Å². The molecule has 0 N–H and O–H groups in total. The second-order valence-electron chi connectivity index (χ2n) is 9.42. The molecule has 4 rings (SSSR count). The monoisotopic (exact) mass is 456 g/mol. The van der Waals surface area contributed by atoms with Crippen molar-refractivity contribution in [3.05, 3.63) is 70.6 Å². The Morgan fingerprint density at radius 2 is 1.76 bits per heavy atom. The van der Waals surface area contributed by atoms with Gasteiger partial charge in [0.25, 0.3) is 0 Å². The van der Waals surface area contributed by atoms with Crippen molar-refractivity contribution < 1.29 is 0 Å². The highest BCUT2D eigenvalue weighted by Crippen LogP contribution is 2.42. The first-order chi connectivity index (χ1) is 16.1. The zero-order chi connectivity index (χ0) is 23.3. The molecule has 1 aromatic heterocycles. The van der Waals surface area contributed by atoms with Crippen LogP contribution < -0.4 is 0 Å². The maximum Gasteiger partial charge on any atom is 0.0991 e. The van der Waals surface area contributed by atoms with Gasteiger partial charge < -0.3 is 4.90 Å². The number of hydrogen-bond donors (Lipinski definition) is 0. The molecule has 33 heavy (non-hydrogen) atoms. The quantitative estimate of drug-likeness (QED) is 0.431. The van der Waals surface area contributed by atoms with Crippen LogP contribution in [-0.2, 0) is 12.0 Å². The Morgan fingerprint density at radius 3 is 2.48 bits per heavy atom. The number of rotatable bonds is 8. The highest BCUT2D eigenvalue weighted by molar-refractivity contribution is 7.17. The number of hydrogen-bond acceptors (Lipinski definition) is 5. The maximum atomic E-state index is 10.3. The molecule has 0 spiro atoms. The van der Waals surface area contributed by atoms with Crippen molar-refractivity contribution in [2.45, 2.75) is 38.6 Å². The van der Waals surface area contributed by atoms with E-state index < -0.39 is 5.41 Å². The first-order valence-corrected chi connectivity index (χ1v) is 12.8. The van der Waals surface area contributed by atoms with Crippen molar-refractivity contribution in [2.24, 2.45) is 5.92 Å². The third-order valence-electron chi connectivity index (χ3n) is 7.12. The molecule has 1 saturated heterocycles. The summed E-state index contributed by atoms with van der Waals surface area (Å²) < 4.78 is 1.27. The van der Waals surface area contributed by atoms with E-state index in [9.17, 15) is 5.26 Å². The molecule has 2 aromatic carbocycles. The predicted octanol–water partition coefficient (Wildman–Crippen LogP) is 5.79. The zero-order valence-corrected chi connectivity index (χ0v) is 20.4. The predicted molar refractivity (Wildman–Crippen MR) is 136 cm³/mol. The molecule has 170 valence electrons. The summed E-state index contributed by atoms with van der Waals surface area (Å²) in [5.41, 5.74) is 2.72. The summed E-state index contributed by atoms with van der Waals surface area (Å²) in [4.78, 5) is 5.01. The van der Waals surface area contributed by atoms with Crippen molar-refractivity contribution in [3.63, 3.8) is 0 Å². The Bertz CT molecular complexity index is 1160. The molecule has 2 heterocycles. The van der Waals surface area contributed by atoms with Gasteiger partial charge in [-0.1, -0.05) is 44.2 Å². The number of piperazine rings is 1. The molecule has 0 aliphatic carbocycles. The Kier molecular flexibility index (Phi) is 7.46. The third-order valence-corrected chi connectivity index (χ3v) is 8.08. The van der Waals surface area contributed by atoms with E-state index in [1.807, 2.05) is 18.2 Å². The molecule has 4 nitrogen and oxygen atoms in total. The summed E-state index contributed by atoms with van der Waals surface area (Å²) in [5.74, 6) is 0.265. The zero-order valence-electron chi connectivity index (χ0n) is 19.6. The standard InChI is InChI=1S/C28H32N4S/c1-22(2)28(21-30,26-20-33-27-10-4-3-9-25(26)27)11-6-12-31-13-15-32(16-14-31)19-24-8-5-7-23(17-24)18-29/h3-5,7-10,17,20,22H,6,11-16,19H2,1-2H3. The lowest BCUT2D eigenvalue weighted by Gasteiger charge is -2.36. The second-order valence-corrected chi connectivity index (χ2v) is 10.3. The van der Waals surface area contributed by atoms with Crippen molar-refractivity contribution in [1.29, 1.82) is 10.5 Å². The van der Waals surface area contributed by atoms with Gasteiger partial charge in [0.1, 0.15) is 0 Å². The SMILES string of the molecule is CC(C)C(C#N)(CCCN1CCN(Cc2cccc(C#N)c2)CC1)c1csc2ccccc12. The smallest absolute Gasteiger partial charge is 0.0991 e. The molecule has 1 aliphatic heterocycles. The van der Waals surface area contributed by atoms with Crippen LogP contribution in [0.5, 0.6) is 0 Å². The van der Waals surface area contributed by atoms with Crippen LogP contribution in [0.1, 0.15) is 43.4 Å². The fourth-order valence-electron chi connectivity index (χ4n) is 5.05. The molecule has 1 fully saturated rings. The highest BCUT2D eigenvalue weighted by Gasteiger charge is 2.37. The van der Waals surface area contributed by atoms with Crippen LogP contribution >= 0.6 is 11.3 Å². The summed E-state index contributed by atoms with van der Waals surface area (Å²) in [5, 5.41) is 22.9. The second kappa shape index (κ2) is 10.5. The number of thiophene rings is 1. The van der Waals surface area contributed by atoms with Gasteiger partial charge in [-0.15, -0.1) is 11.3 Å². The number of benzene rings is 2. The summed E-state index contributed by atoms with van der Waals surface area (Å²) in [6.45, 7) is 10.5. The minimum absolute atomic E-state index is 0.265. The minimum atomic E-state index is -0.437. The van der Waals surface area contributed by atoms with E-state index in [0.29, 0.717) is 0 Å². The van der Waals surface area contributed by atoms with E-state index >= 15 is 0 Å². The lowest BCUT2D eigenvalue weighted by atomic mass is 9.70. The fraction of sp³-hybridized carbons (Fsp3) is 0.429.